The topological polar surface area (TPSA) is 69.6 Å². The van der Waals surface area contributed by atoms with Crippen molar-refractivity contribution in [2.75, 3.05) is 25.0 Å². The zero-order chi connectivity index (χ0) is 14.5. The van der Waals surface area contributed by atoms with E-state index in [0.717, 1.165) is 19.4 Å². The summed E-state index contributed by atoms with van der Waals surface area (Å²) in [5, 5.41) is 12.4. The molecule has 0 saturated carbocycles. The summed E-state index contributed by atoms with van der Waals surface area (Å²) in [5.41, 5.74) is 1.21. The average Bonchev–Trinajstić information content (AvgIpc) is 2.38. The molecule has 1 unspecified atom stereocenters. The smallest absolute Gasteiger partial charge is 0.238 e. The van der Waals surface area contributed by atoms with E-state index >= 15 is 0 Å². The summed E-state index contributed by atoms with van der Waals surface area (Å²) in [4.78, 5) is 25.2. The Labute approximate surface area is 118 Å². The van der Waals surface area contributed by atoms with Crippen LogP contribution < -0.4 is 5.32 Å². The highest BCUT2D eigenvalue weighted by Crippen LogP contribution is 2.12. The number of carbonyl (C=O) groups excluding carboxylic acids is 2. The quantitative estimate of drug-likeness (QED) is 0.813. The minimum Gasteiger partial charge on any atom is -0.392 e. The van der Waals surface area contributed by atoms with Gasteiger partial charge in [-0.15, -0.1) is 0 Å². The Hall–Kier alpha value is -1.72. The van der Waals surface area contributed by atoms with Crippen LogP contribution >= 0.6 is 0 Å². The Balaban J connectivity index is 1.91. The molecule has 0 spiro atoms. The number of nitrogens with zero attached hydrogens (tertiary/aromatic N) is 1. The molecule has 20 heavy (non-hydrogen) atoms. The second-order valence-corrected chi connectivity index (χ2v) is 5.22. The van der Waals surface area contributed by atoms with Gasteiger partial charge in [-0.3, -0.25) is 14.5 Å². The average molecular weight is 276 g/mol. The van der Waals surface area contributed by atoms with Crippen molar-refractivity contribution in [3.63, 3.8) is 0 Å². The predicted octanol–water partition coefficient (Wildman–Crippen LogP) is 1.28. The number of aliphatic hydroxyl groups excluding tert-OH is 1. The molecule has 0 radical (unpaired) electrons. The molecular weight excluding hydrogens is 256 g/mol. The van der Waals surface area contributed by atoms with Gasteiger partial charge in [0.05, 0.1) is 12.6 Å². The van der Waals surface area contributed by atoms with Crippen molar-refractivity contribution in [3.05, 3.63) is 29.8 Å². The van der Waals surface area contributed by atoms with Gasteiger partial charge in [-0.2, -0.15) is 0 Å². The molecule has 5 heteroatoms. The number of likely N-dealkylation sites (tertiary alicyclic amines) is 1. The van der Waals surface area contributed by atoms with Crippen LogP contribution in [-0.4, -0.2) is 47.4 Å². The lowest BCUT2D eigenvalue weighted by Gasteiger charge is -2.29. The van der Waals surface area contributed by atoms with E-state index < -0.39 is 0 Å². The van der Waals surface area contributed by atoms with E-state index in [9.17, 15) is 14.7 Å². The first-order chi connectivity index (χ1) is 9.54. The van der Waals surface area contributed by atoms with Crippen molar-refractivity contribution in [2.24, 2.45) is 0 Å². The standard InChI is InChI=1S/C15H20N2O3/c1-11(18)12-4-2-5-13(8-12)16-15(20)10-17-7-3-6-14(19)9-17/h2,4-5,8,14,19H,3,6-7,9-10H2,1H3,(H,16,20). The van der Waals surface area contributed by atoms with Gasteiger partial charge < -0.3 is 10.4 Å². The fourth-order valence-corrected chi connectivity index (χ4v) is 2.39. The summed E-state index contributed by atoms with van der Waals surface area (Å²) < 4.78 is 0. The highest BCUT2D eigenvalue weighted by molar-refractivity contribution is 5.97. The number of anilines is 1. The van der Waals surface area contributed by atoms with Crippen LogP contribution in [0.4, 0.5) is 5.69 Å². The van der Waals surface area contributed by atoms with Crippen LogP contribution in [0.15, 0.2) is 24.3 Å². The molecule has 1 heterocycles. The third-order valence-corrected chi connectivity index (χ3v) is 3.40. The van der Waals surface area contributed by atoms with E-state index in [1.807, 2.05) is 4.90 Å². The van der Waals surface area contributed by atoms with Gasteiger partial charge in [-0.25, -0.2) is 0 Å². The van der Waals surface area contributed by atoms with Crippen LogP contribution in [0, 0.1) is 0 Å². The van der Waals surface area contributed by atoms with Crippen LogP contribution in [-0.2, 0) is 4.79 Å². The lowest BCUT2D eigenvalue weighted by molar-refractivity contribution is -0.118. The van der Waals surface area contributed by atoms with Gasteiger partial charge in [0.25, 0.3) is 0 Å². The van der Waals surface area contributed by atoms with E-state index in [0.29, 0.717) is 17.8 Å². The zero-order valence-corrected chi connectivity index (χ0v) is 11.6. The van der Waals surface area contributed by atoms with Crippen molar-refractivity contribution >= 4 is 17.4 Å². The number of hydrogen-bond acceptors (Lipinski definition) is 4. The molecule has 1 fully saturated rings. The lowest BCUT2D eigenvalue weighted by Crippen LogP contribution is -2.42. The van der Waals surface area contributed by atoms with Gasteiger partial charge in [0.15, 0.2) is 5.78 Å². The number of benzene rings is 1. The summed E-state index contributed by atoms with van der Waals surface area (Å²) in [5.74, 6) is -0.153. The first-order valence-corrected chi connectivity index (χ1v) is 6.86. The van der Waals surface area contributed by atoms with E-state index in [2.05, 4.69) is 5.32 Å². The molecule has 1 aliphatic rings. The minimum absolute atomic E-state index is 0.0275. The number of β-amino-alcohol motifs (C(OH)–C–C–N with tert-alkyl or cyclic N) is 1. The molecule has 0 aromatic heterocycles. The van der Waals surface area contributed by atoms with Crippen molar-refractivity contribution in [2.45, 2.75) is 25.9 Å². The van der Waals surface area contributed by atoms with E-state index in [4.69, 9.17) is 0 Å². The van der Waals surface area contributed by atoms with Crippen LogP contribution in [0.5, 0.6) is 0 Å². The maximum Gasteiger partial charge on any atom is 0.238 e. The molecule has 2 N–H and O–H groups in total. The first-order valence-electron chi connectivity index (χ1n) is 6.86. The molecule has 1 aliphatic heterocycles. The SMILES string of the molecule is CC(=O)c1cccc(NC(=O)CN2CCCC(O)C2)c1. The number of Topliss-reactive ketones (excluding diaryl/α,β-unsaturated/α-hetero) is 1. The third-order valence-electron chi connectivity index (χ3n) is 3.40. The molecule has 1 aromatic rings. The maximum atomic E-state index is 11.9. The van der Waals surface area contributed by atoms with Crippen molar-refractivity contribution < 1.29 is 14.7 Å². The molecule has 5 nitrogen and oxygen atoms in total. The van der Waals surface area contributed by atoms with Crippen LogP contribution in [0.1, 0.15) is 30.1 Å². The van der Waals surface area contributed by atoms with Gasteiger partial charge in [0.2, 0.25) is 5.91 Å². The number of nitrogens with one attached hydrogen (secondary N) is 1. The number of aliphatic hydroxyl groups is 1. The molecule has 1 amide bonds. The Bertz CT molecular complexity index is 502. The number of carbonyl (C=O) groups is 2. The van der Waals surface area contributed by atoms with E-state index in [-0.39, 0.29) is 24.3 Å². The van der Waals surface area contributed by atoms with Crippen LogP contribution in [0.3, 0.4) is 0 Å². The zero-order valence-electron chi connectivity index (χ0n) is 11.6. The lowest BCUT2D eigenvalue weighted by atomic mass is 10.1. The Kier molecular flexibility index (Phi) is 4.87. The number of ketones is 1. The maximum absolute atomic E-state index is 11.9. The van der Waals surface area contributed by atoms with Crippen LogP contribution in [0.2, 0.25) is 0 Å². The van der Waals surface area contributed by atoms with E-state index in [1.165, 1.54) is 6.92 Å². The molecule has 1 atom stereocenters. The number of rotatable bonds is 4. The first kappa shape index (κ1) is 14.7. The summed E-state index contributed by atoms with van der Waals surface area (Å²) in [6.45, 7) is 3.14. The second-order valence-electron chi connectivity index (χ2n) is 5.22. The molecule has 1 saturated heterocycles. The summed E-state index contributed by atoms with van der Waals surface area (Å²) in [6.07, 6.45) is 1.38. The monoisotopic (exact) mass is 276 g/mol. The number of hydrogen-bond donors (Lipinski definition) is 2. The summed E-state index contributed by atoms with van der Waals surface area (Å²) in [6, 6.07) is 6.90. The van der Waals surface area contributed by atoms with Crippen molar-refractivity contribution in [1.29, 1.82) is 0 Å². The van der Waals surface area contributed by atoms with Gasteiger partial charge in [0, 0.05) is 17.8 Å². The van der Waals surface area contributed by atoms with E-state index in [1.54, 1.807) is 24.3 Å². The van der Waals surface area contributed by atoms with Gasteiger partial charge in [0.1, 0.15) is 0 Å². The van der Waals surface area contributed by atoms with Crippen LogP contribution in [0.25, 0.3) is 0 Å². The Morgan fingerprint density at radius 1 is 1.45 bits per heavy atom. The van der Waals surface area contributed by atoms with Gasteiger partial charge >= 0.3 is 0 Å². The Morgan fingerprint density at radius 2 is 2.25 bits per heavy atom. The number of piperidine rings is 1. The van der Waals surface area contributed by atoms with Crippen molar-refractivity contribution in [3.8, 4) is 0 Å². The fourth-order valence-electron chi connectivity index (χ4n) is 2.39. The van der Waals surface area contributed by atoms with Gasteiger partial charge in [-0.05, 0) is 38.4 Å². The minimum atomic E-state index is -0.336. The summed E-state index contributed by atoms with van der Waals surface area (Å²) in [7, 11) is 0. The number of amides is 1. The van der Waals surface area contributed by atoms with Gasteiger partial charge in [-0.1, -0.05) is 12.1 Å². The molecule has 108 valence electrons. The Morgan fingerprint density at radius 3 is 2.95 bits per heavy atom. The fraction of sp³-hybridized carbons (Fsp3) is 0.467. The molecule has 2 rings (SSSR count). The summed E-state index contributed by atoms with van der Waals surface area (Å²) >= 11 is 0. The molecule has 1 aromatic carbocycles. The molecule has 0 bridgehead atoms. The van der Waals surface area contributed by atoms with Crippen molar-refractivity contribution in [1.82, 2.24) is 4.90 Å². The highest BCUT2D eigenvalue weighted by Gasteiger charge is 2.19. The normalized spacial score (nSPS) is 19.6. The highest BCUT2D eigenvalue weighted by atomic mass is 16.3. The molecule has 0 aliphatic carbocycles. The molecular formula is C15H20N2O3. The second kappa shape index (κ2) is 6.63. The largest absolute Gasteiger partial charge is 0.392 e. The third kappa shape index (κ3) is 4.15. The predicted molar refractivity (Wildman–Crippen MR) is 76.8 cm³/mol.